The lowest BCUT2D eigenvalue weighted by molar-refractivity contribution is 0.0934. The van der Waals surface area contributed by atoms with Gasteiger partial charge >= 0.3 is 0 Å². The molecule has 0 saturated heterocycles. The summed E-state index contributed by atoms with van der Waals surface area (Å²) in [6.45, 7) is 5.70. The second kappa shape index (κ2) is 11.8. The van der Waals surface area contributed by atoms with Gasteiger partial charge in [-0.2, -0.15) is 0 Å². The highest BCUT2D eigenvalue weighted by Gasteiger charge is 2.17. The van der Waals surface area contributed by atoms with Gasteiger partial charge in [0.15, 0.2) is 0 Å². The molecule has 1 heterocycles. The van der Waals surface area contributed by atoms with Gasteiger partial charge < -0.3 is 14.8 Å². The van der Waals surface area contributed by atoms with Crippen LogP contribution in [0.4, 0.5) is 4.39 Å². The highest BCUT2D eigenvalue weighted by Crippen LogP contribution is 2.27. The Morgan fingerprint density at radius 3 is 2.55 bits per heavy atom. The van der Waals surface area contributed by atoms with Crippen LogP contribution in [0.15, 0.2) is 47.8 Å². The Labute approximate surface area is 198 Å². The second-order valence-corrected chi connectivity index (χ2v) is 8.80. The van der Waals surface area contributed by atoms with Crippen LogP contribution in [-0.2, 0) is 19.6 Å². The van der Waals surface area contributed by atoms with E-state index in [1.165, 1.54) is 23.5 Å². The van der Waals surface area contributed by atoms with E-state index in [1.54, 1.807) is 31.7 Å². The van der Waals surface area contributed by atoms with E-state index in [-0.39, 0.29) is 17.8 Å². The normalized spacial score (nSPS) is 11.9. The van der Waals surface area contributed by atoms with Crippen LogP contribution in [0.25, 0.3) is 0 Å². The van der Waals surface area contributed by atoms with Gasteiger partial charge in [-0.05, 0) is 37.1 Å². The van der Waals surface area contributed by atoms with E-state index >= 15 is 0 Å². The molecule has 1 atom stereocenters. The van der Waals surface area contributed by atoms with E-state index in [2.05, 4.69) is 15.2 Å². The van der Waals surface area contributed by atoms with Gasteiger partial charge in [-0.1, -0.05) is 25.1 Å². The molecule has 0 saturated carbocycles. The van der Waals surface area contributed by atoms with Crippen molar-refractivity contribution in [2.24, 2.45) is 0 Å². The van der Waals surface area contributed by atoms with Crippen molar-refractivity contribution in [3.8, 4) is 11.5 Å². The molecule has 6 nitrogen and oxygen atoms in total. The first-order chi connectivity index (χ1) is 15.9. The lowest BCUT2D eigenvalue weighted by Gasteiger charge is -2.23. The molecule has 3 rings (SSSR count). The summed E-state index contributed by atoms with van der Waals surface area (Å²) in [5.74, 6) is 1.02. The van der Waals surface area contributed by atoms with E-state index in [0.29, 0.717) is 25.3 Å². The molecule has 1 N–H and O–H groups in total. The Bertz CT molecular complexity index is 1060. The van der Waals surface area contributed by atoms with E-state index in [9.17, 15) is 9.18 Å². The maximum absolute atomic E-state index is 13.4. The van der Waals surface area contributed by atoms with Crippen molar-refractivity contribution in [2.45, 2.75) is 45.9 Å². The highest BCUT2D eigenvalue weighted by molar-refractivity contribution is 7.09. The van der Waals surface area contributed by atoms with E-state index in [1.807, 2.05) is 32.0 Å². The van der Waals surface area contributed by atoms with Crippen molar-refractivity contribution in [1.82, 2.24) is 15.2 Å². The summed E-state index contributed by atoms with van der Waals surface area (Å²) in [7, 11) is 3.25. The molecule has 176 valence electrons. The van der Waals surface area contributed by atoms with Gasteiger partial charge in [-0.15, -0.1) is 11.3 Å². The van der Waals surface area contributed by atoms with Gasteiger partial charge in [0.25, 0.3) is 5.91 Å². The minimum atomic E-state index is -0.265. The number of aromatic nitrogens is 1. The standard InChI is InChI=1S/C25H30FN3O3S/c1-5-17(2)27-25(30)22-16-33-24(28-22)15-29(13-18-6-9-20(26)10-7-18)14-19-8-11-21(31-3)12-23(19)32-4/h6-12,16-17H,5,13-15H2,1-4H3,(H,27,30). The van der Waals surface area contributed by atoms with Crippen molar-refractivity contribution in [1.29, 1.82) is 0 Å². The fourth-order valence-corrected chi connectivity index (χ4v) is 4.13. The van der Waals surface area contributed by atoms with E-state index in [0.717, 1.165) is 34.1 Å². The number of methoxy groups -OCH3 is 2. The van der Waals surface area contributed by atoms with Gasteiger partial charge in [0, 0.05) is 36.1 Å². The van der Waals surface area contributed by atoms with Crippen molar-refractivity contribution in [3.63, 3.8) is 0 Å². The number of hydrogen-bond acceptors (Lipinski definition) is 6. The molecule has 1 aromatic heterocycles. The third kappa shape index (κ3) is 7.00. The van der Waals surface area contributed by atoms with Crippen molar-refractivity contribution >= 4 is 17.2 Å². The Morgan fingerprint density at radius 1 is 1.12 bits per heavy atom. The van der Waals surface area contributed by atoms with Gasteiger partial charge in [0.1, 0.15) is 28.0 Å². The van der Waals surface area contributed by atoms with Crippen LogP contribution in [0.2, 0.25) is 0 Å². The number of hydrogen-bond donors (Lipinski definition) is 1. The number of benzene rings is 2. The number of carbonyl (C=O) groups is 1. The predicted molar refractivity (Wildman–Crippen MR) is 128 cm³/mol. The SMILES string of the molecule is CCC(C)NC(=O)c1csc(CN(Cc2ccc(F)cc2)Cc2ccc(OC)cc2OC)n1. The molecule has 0 aliphatic heterocycles. The van der Waals surface area contributed by atoms with Crippen LogP contribution in [0, 0.1) is 5.82 Å². The lowest BCUT2D eigenvalue weighted by atomic mass is 10.1. The van der Waals surface area contributed by atoms with Crippen LogP contribution in [0.3, 0.4) is 0 Å². The molecule has 33 heavy (non-hydrogen) atoms. The largest absolute Gasteiger partial charge is 0.497 e. The zero-order chi connectivity index (χ0) is 23.8. The maximum atomic E-state index is 13.4. The number of rotatable bonds is 11. The van der Waals surface area contributed by atoms with Gasteiger partial charge in [0.05, 0.1) is 20.8 Å². The second-order valence-electron chi connectivity index (χ2n) is 7.86. The van der Waals surface area contributed by atoms with Crippen LogP contribution >= 0.6 is 11.3 Å². The number of nitrogens with zero attached hydrogens (tertiary/aromatic N) is 2. The molecule has 0 radical (unpaired) electrons. The molecular formula is C25H30FN3O3S. The van der Waals surface area contributed by atoms with Gasteiger partial charge in [-0.3, -0.25) is 9.69 Å². The van der Waals surface area contributed by atoms with Crippen molar-refractivity contribution in [2.75, 3.05) is 14.2 Å². The van der Waals surface area contributed by atoms with Crippen LogP contribution < -0.4 is 14.8 Å². The van der Waals surface area contributed by atoms with Crippen molar-refractivity contribution < 1.29 is 18.7 Å². The minimum absolute atomic E-state index is 0.0974. The number of amides is 1. The third-order valence-electron chi connectivity index (χ3n) is 5.34. The van der Waals surface area contributed by atoms with Gasteiger partial charge in [0.2, 0.25) is 0 Å². The quantitative estimate of drug-likeness (QED) is 0.425. The zero-order valence-electron chi connectivity index (χ0n) is 19.4. The first-order valence-corrected chi connectivity index (χ1v) is 11.7. The first kappa shape index (κ1) is 24.7. The fraction of sp³-hybridized carbons (Fsp3) is 0.360. The van der Waals surface area contributed by atoms with Crippen LogP contribution in [0.1, 0.15) is 46.9 Å². The summed E-state index contributed by atoms with van der Waals surface area (Å²) in [5.41, 5.74) is 2.40. The molecule has 0 aliphatic rings. The fourth-order valence-electron chi connectivity index (χ4n) is 3.32. The molecular weight excluding hydrogens is 441 g/mol. The summed E-state index contributed by atoms with van der Waals surface area (Å²) in [4.78, 5) is 19.2. The monoisotopic (exact) mass is 471 g/mol. The average molecular weight is 472 g/mol. The summed E-state index contributed by atoms with van der Waals surface area (Å²) in [5, 5.41) is 5.57. The lowest BCUT2D eigenvalue weighted by Crippen LogP contribution is -2.32. The molecule has 8 heteroatoms. The number of ether oxygens (including phenoxy) is 2. The minimum Gasteiger partial charge on any atom is -0.497 e. The van der Waals surface area contributed by atoms with Crippen molar-refractivity contribution in [3.05, 3.63) is 75.5 Å². The van der Waals surface area contributed by atoms with Crippen LogP contribution in [-0.4, -0.2) is 36.1 Å². The Hall–Kier alpha value is -2.97. The molecule has 3 aromatic rings. The Morgan fingerprint density at radius 2 is 1.88 bits per heavy atom. The molecule has 0 spiro atoms. The maximum Gasteiger partial charge on any atom is 0.270 e. The summed E-state index contributed by atoms with van der Waals surface area (Å²) < 4.78 is 24.3. The Kier molecular flexibility index (Phi) is 8.79. The van der Waals surface area contributed by atoms with Crippen LogP contribution in [0.5, 0.6) is 11.5 Å². The molecule has 0 aliphatic carbocycles. The number of nitrogens with one attached hydrogen (secondary N) is 1. The predicted octanol–water partition coefficient (Wildman–Crippen LogP) is 5.03. The summed E-state index contributed by atoms with van der Waals surface area (Å²) in [6, 6.07) is 12.3. The smallest absolute Gasteiger partial charge is 0.270 e. The molecule has 1 unspecified atom stereocenters. The number of thiazole rings is 1. The van der Waals surface area contributed by atoms with E-state index in [4.69, 9.17) is 9.47 Å². The molecule has 0 bridgehead atoms. The first-order valence-electron chi connectivity index (χ1n) is 10.8. The topological polar surface area (TPSA) is 63.7 Å². The summed E-state index contributed by atoms with van der Waals surface area (Å²) >= 11 is 1.46. The summed E-state index contributed by atoms with van der Waals surface area (Å²) in [6.07, 6.45) is 0.859. The molecule has 0 fully saturated rings. The van der Waals surface area contributed by atoms with E-state index < -0.39 is 0 Å². The Balaban J connectivity index is 1.80. The number of carbonyl (C=O) groups excluding carboxylic acids is 1. The number of halogens is 1. The van der Waals surface area contributed by atoms with Gasteiger partial charge in [-0.25, -0.2) is 9.37 Å². The molecule has 2 aromatic carbocycles. The third-order valence-corrected chi connectivity index (χ3v) is 6.17. The highest BCUT2D eigenvalue weighted by atomic mass is 32.1. The molecule has 1 amide bonds. The zero-order valence-corrected chi connectivity index (χ0v) is 20.2. The average Bonchev–Trinajstić information content (AvgIpc) is 3.29.